The van der Waals surface area contributed by atoms with Crippen molar-refractivity contribution in [2.45, 2.75) is 25.8 Å². The van der Waals surface area contributed by atoms with E-state index in [1.54, 1.807) is 31.5 Å². The summed E-state index contributed by atoms with van der Waals surface area (Å²) in [6.45, 7) is 1.74. The maximum Gasteiger partial charge on any atom is 0.340 e. The van der Waals surface area contributed by atoms with Gasteiger partial charge in [0.2, 0.25) is 5.91 Å². The van der Waals surface area contributed by atoms with Crippen molar-refractivity contribution in [3.63, 3.8) is 0 Å². The Hall–Kier alpha value is -5.31. The van der Waals surface area contributed by atoms with E-state index in [9.17, 15) is 24.6 Å². The molecule has 0 aliphatic carbocycles. The molecule has 200 valence electrons. The molecule has 0 saturated heterocycles. The van der Waals surface area contributed by atoms with Crippen LogP contribution >= 0.6 is 0 Å². The van der Waals surface area contributed by atoms with Gasteiger partial charge in [0.1, 0.15) is 23.0 Å². The first-order valence-corrected chi connectivity index (χ1v) is 12.6. The van der Waals surface area contributed by atoms with Gasteiger partial charge in [0.05, 0.1) is 18.2 Å². The van der Waals surface area contributed by atoms with Crippen LogP contribution in [0.4, 0.5) is 0 Å². The second-order valence-corrected chi connectivity index (χ2v) is 9.74. The predicted molar refractivity (Wildman–Crippen MR) is 149 cm³/mol. The number of phenols is 1. The van der Waals surface area contributed by atoms with Gasteiger partial charge < -0.3 is 29.3 Å². The van der Waals surface area contributed by atoms with Crippen molar-refractivity contribution >= 4 is 44.7 Å². The minimum absolute atomic E-state index is 0.0173. The molecule has 0 saturated carbocycles. The van der Waals surface area contributed by atoms with E-state index in [-0.39, 0.29) is 24.2 Å². The number of phenolic OH excluding ortho intramolecular Hbond substituents is 1. The zero-order chi connectivity index (χ0) is 28.0. The standard InChI is InChI=1S/C31H24N2O7/c1-16-20-11-23-24(17-5-3-2-4-6-17)15-39-27(23)13-28(20)40-31(38)21(16)12-29(35)33-26(30(36)37)9-18-14-32-25-8-7-19(34)10-22(18)25/h2-8,10-11,13-15,26,32,34H,9,12H2,1H3,(H,33,35)(H,36,37)/t26-/m1/s1. The zero-order valence-electron chi connectivity index (χ0n) is 21.4. The number of H-pyrrole nitrogens is 1. The van der Waals surface area contributed by atoms with Crippen molar-refractivity contribution in [3.05, 3.63) is 100 Å². The summed E-state index contributed by atoms with van der Waals surface area (Å²) in [6.07, 6.45) is 2.94. The molecule has 6 rings (SSSR count). The lowest BCUT2D eigenvalue weighted by atomic mass is 9.99. The Morgan fingerprint density at radius 3 is 2.58 bits per heavy atom. The number of aromatic nitrogens is 1. The van der Waals surface area contributed by atoms with E-state index >= 15 is 0 Å². The number of aromatic amines is 1. The number of aliphatic carboxylic acids is 1. The van der Waals surface area contributed by atoms with E-state index in [1.807, 2.05) is 36.4 Å². The largest absolute Gasteiger partial charge is 0.508 e. The molecule has 40 heavy (non-hydrogen) atoms. The van der Waals surface area contributed by atoms with Crippen LogP contribution in [-0.4, -0.2) is 33.1 Å². The topological polar surface area (TPSA) is 146 Å². The number of furan rings is 1. The molecule has 0 fully saturated rings. The van der Waals surface area contributed by atoms with Crippen LogP contribution in [0.2, 0.25) is 0 Å². The van der Waals surface area contributed by atoms with E-state index in [0.717, 1.165) is 22.0 Å². The Balaban J connectivity index is 1.29. The smallest absolute Gasteiger partial charge is 0.340 e. The Morgan fingerprint density at radius 1 is 1.00 bits per heavy atom. The summed E-state index contributed by atoms with van der Waals surface area (Å²) in [7, 11) is 0. The maximum atomic E-state index is 13.0. The molecule has 0 aliphatic rings. The van der Waals surface area contributed by atoms with Gasteiger partial charge in [0, 0.05) is 45.9 Å². The fraction of sp³-hybridized carbons (Fsp3) is 0.129. The Bertz CT molecular complexity index is 1980. The first-order chi connectivity index (χ1) is 19.3. The molecule has 3 aromatic heterocycles. The molecule has 1 amide bonds. The highest BCUT2D eigenvalue weighted by Crippen LogP contribution is 2.34. The van der Waals surface area contributed by atoms with Crippen LogP contribution in [0.25, 0.3) is 44.0 Å². The fourth-order valence-electron chi connectivity index (χ4n) is 5.12. The fourth-order valence-corrected chi connectivity index (χ4v) is 5.12. The average molecular weight is 537 g/mol. The molecule has 9 nitrogen and oxygen atoms in total. The van der Waals surface area contributed by atoms with Crippen LogP contribution in [-0.2, 0) is 22.4 Å². The predicted octanol–water partition coefficient (Wildman–Crippen LogP) is 5.06. The number of aromatic hydroxyl groups is 1. The number of hydrogen-bond acceptors (Lipinski definition) is 6. The van der Waals surface area contributed by atoms with Gasteiger partial charge in [0.25, 0.3) is 0 Å². The zero-order valence-corrected chi connectivity index (χ0v) is 21.4. The molecule has 4 N–H and O–H groups in total. The lowest BCUT2D eigenvalue weighted by Gasteiger charge is -2.15. The van der Waals surface area contributed by atoms with Gasteiger partial charge >= 0.3 is 11.6 Å². The molecule has 3 heterocycles. The number of hydrogen-bond donors (Lipinski definition) is 4. The van der Waals surface area contributed by atoms with Gasteiger partial charge in [-0.3, -0.25) is 4.79 Å². The van der Waals surface area contributed by atoms with Gasteiger partial charge in [-0.15, -0.1) is 0 Å². The third-order valence-corrected chi connectivity index (χ3v) is 7.21. The van der Waals surface area contributed by atoms with Gasteiger partial charge in [-0.2, -0.15) is 0 Å². The maximum absolute atomic E-state index is 13.0. The molecule has 0 radical (unpaired) electrons. The third-order valence-electron chi connectivity index (χ3n) is 7.21. The van der Waals surface area contributed by atoms with E-state index in [2.05, 4.69) is 10.3 Å². The highest BCUT2D eigenvalue weighted by Gasteiger charge is 2.24. The number of carbonyl (C=O) groups is 2. The van der Waals surface area contributed by atoms with Crippen molar-refractivity contribution < 1.29 is 28.6 Å². The monoisotopic (exact) mass is 536 g/mol. The van der Waals surface area contributed by atoms with Gasteiger partial charge in [0.15, 0.2) is 0 Å². The van der Waals surface area contributed by atoms with E-state index < -0.39 is 23.5 Å². The van der Waals surface area contributed by atoms with Crippen LogP contribution in [0.1, 0.15) is 16.7 Å². The molecule has 0 aliphatic heterocycles. The summed E-state index contributed by atoms with van der Waals surface area (Å²) in [4.78, 5) is 40.9. The summed E-state index contributed by atoms with van der Waals surface area (Å²) < 4.78 is 11.3. The third kappa shape index (κ3) is 4.47. The van der Waals surface area contributed by atoms with Crippen molar-refractivity contribution in [2.75, 3.05) is 0 Å². The van der Waals surface area contributed by atoms with Crippen LogP contribution in [0, 0.1) is 6.92 Å². The summed E-state index contributed by atoms with van der Waals surface area (Å²) in [5.41, 5.74) is 4.16. The number of rotatable bonds is 7. The molecule has 6 aromatic rings. The lowest BCUT2D eigenvalue weighted by molar-refractivity contribution is -0.141. The summed E-state index contributed by atoms with van der Waals surface area (Å²) >= 11 is 0. The second kappa shape index (κ2) is 9.77. The molecule has 0 unspecified atom stereocenters. The van der Waals surface area contributed by atoms with E-state index in [1.165, 1.54) is 12.1 Å². The molecule has 0 spiro atoms. The summed E-state index contributed by atoms with van der Waals surface area (Å²) in [5, 5.41) is 24.3. The number of nitrogens with one attached hydrogen (secondary N) is 2. The average Bonchev–Trinajstić information content (AvgIpc) is 3.53. The van der Waals surface area contributed by atoms with Crippen molar-refractivity contribution in [3.8, 4) is 16.9 Å². The molecule has 3 aromatic carbocycles. The molecule has 9 heteroatoms. The second-order valence-electron chi connectivity index (χ2n) is 9.74. The van der Waals surface area contributed by atoms with Crippen LogP contribution in [0.3, 0.4) is 0 Å². The van der Waals surface area contributed by atoms with E-state index in [4.69, 9.17) is 8.83 Å². The Morgan fingerprint density at radius 2 is 1.80 bits per heavy atom. The number of benzene rings is 3. The minimum Gasteiger partial charge on any atom is -0.508 e. The first kappa shape index (κ1) is 25.0. The number of carbonyl (C=O) groups excluding carboxylic acids is 1. The highest BCUT2D eigenvalue weighted by molar-refractivity contribution is 6.02. The normalized spacial score (nSPS) is 12.2. The number of aryl methyl sites for hydroxylation is 1. The van der Waals surface area contributed by atoms with Gasteiger partial charge in [-0.05, 0) is 47.9 Å². The molecule has 0 bridgehead atoms. The van der Waals surface area contributed by atoms with Gasteiger partial charge in [-0.1, -0.05) is 30.3 Å². The summed E-state index contributed by atoms with van der Waals surface area (Å²) in [6, 6.07) is 16.8. The van der Waals surface area contributed by atoms with Crippen molar-refractivity contribution in [1.82, 2.24) is 10.3 Å². The first-order valence-electron chi connectivity index (χ1n) is 12.6. The van der Waals surface area contributed by atoms with Gasteiger partial charge in [-0.25, -0.2) is 9.59 Å². The number of amides is 1. The quantitative estimate of drug-likeness (QED) is 0.209. The lowest BCUT2D eigenvalue weighted by Crippen LogP contribution is -2.43. The van der Waals surface area contributed by atoms with Crippen molar-refractivity contribution in [1.29, 1.82) is 0 Å². The number of fused-ring (bicyclic) bond motifs is 3. The molecular formula is C31H24N2O7. The molecule has 1 atom stereocenters. The number of carboxylic acids is 1. The molecular weight excluding hydrogens is 512 g/mol. The number of carboxylic acid groups (broad SMARTS) is 1. The minimum atomic E-state index is -1.25. The highest BCUT2D eigenvalue weighted by atomic mass is 16.4. The Kier molecular flexibility index (Phi) is 6.11. The Labute approximate surface area is 226 Å². The van der Waals surface area contributed by atoms with E-state index in [0.29, 0.717) is 33.1 Å². The SMILES string of the molecule is Cc1c(CC(=O)N[C@H](Cc2c[nH]c3ccc(O)cc23)C(=O)O)c(=O)oc2cc3occ(-c4ccccc4)c3cc12. The van der Waals surface area contributed by atoms with Crippen LogP contribution in [0.15, 0.2) is 86.8 Å². The van der Waals surface area contributed by atoms with Crippen LogP contribution in [0.5, 0.6) is 5.75 Å². The summed E-state index contributed by atoms with van der Waals surface area (Å²) in [5.74, 6) is -1.80. The van der Waals surface area contributed by atoms with Crippen LogP contribution < -0.4 is 10.9 Å². The van der Waals surface area contributed by atoms with Crippen molar-refractivity contribution in [2.24, 2.45) is 0 Å².